The van der Waals surface area contributed by atoms with Crippen LogP contribution in [0.5, 0.6) is 0 Å². The molecule has 2 aliphatic rings. The lowest BCUT2D eigenvalue weighted by Gasteiger charge is -2.31. The summed E-state index contributed by atoms with van der Waals surface area (Å²) in [5, 5.41) is 1.38. The van der Waals surface area contributed by atoms with Crippen LogP contribution in [0.3, 0.4) is 0 Å². The molecule has 52 heavy (non-hydrogen) atoms. The van der Waals surface area contributed by atoms with Crippen molar-refractivity contribution in [3.05, 3.63) is 190 Å². The normalized spacial score (nSPS) is 14.3. The molecular formula is C48H38Cl2N2. The predicted octanol–water partition coefficient (Wildman–Crippen LogP) is 14.5. The van der Waals surface area contributed by atoms with Crippen LogP contribution in [-0.2, 0) is 10.8 Å². The van der Waals surface area contributed by atoms with Crippen LogP contribution >= 0.6 is 23.2 Å². The Morgan fingerprint density at radius 2 is 0.673 bits per heavy atom. The van der Waals surface area contributed by atoms with Crippen LogP contribution in [0.15, 0.2) is 158 Å². The van der Waals surface area contributed by atoms with Crippen molar-refractivity contribution in [1.82, 2.24) is 0 Å². The van der Waals surface area contributed by atoms with Gasteiger partial charge in [-0.25, -0.2) is 0 Å². The molecule has 254 valence electrons. The maximum Gasteiger partial charge on any atom is 0.0647 e. The third-order valence-corrected chi connectivity index (χ3v) is 11.8. The topological polar surface area (TPSA) is 6.48 Å². The molecule has 0 saturated carbocycles. The van der Waals surface area contributed by atoms with Gasteiger partial charge in [-0.1, -0.05) is 136 Å². The molecule has 0 heterocycles. The molecule has 0 atom stereocenters. The molecule has 0 bridgehead atoms. The summed E-state index contributed by atoms with van der Waals surface area (Å²) in [6.45, 7) is 9.27. The number of hydrogen-bond donors (Lipinski definition) is 0. The van der Waals surface area contributed by atoms with Gasteiger partial charge in [0, 0.05) is 33.6 Å². The fraction of sp³-hybridized carbons (Fsp3) is 0.125. The van der Waals surface area contributed by atoms with Gasteiger partial charge < -0.3 is 9.80 Å². The lowest BCUT2D eigenvalue weighted by atomic mass is 9.82. The van der Waals surface area contributed by atoms with E-state index in [2.05, 4.69) is 159 Å². The Kier molecular flexibility index (Phi) is 7.63. The molecule has 0 unspecified atom stereocenters. The van der Waals surface area contributed by atoms with E-state index in [1.807, 2.05) is 36.4 Å². The molecule has 2 nitrogen and oxygen atoms in total. The quantitative estimate of drug-likeness (QED) is 0.169. The van der Waals surface area contributed by atoms with E-state index in [1.54, 1.807) is 0 Å². The van der Waals surface area contributed by atoms with E-state index >= 15 is 0 Å². The minimum Gasteiger partial charge on any atom is -0.309 e. The molecule has 0 N–H and O–H groups in total. The molecule has 0 aromatic heterocycles. The van der Waals surface area contributed by atoms with Gasteiger partial charge in [-0.05, 0) is 117 Å². The van der Waals surface area contributed by atoms with Crippen molar-refractivity contribution in [2.24, 2.45) is 0 Å². The van der Waals surface area contributed by atoms with E-state index in [0.717, 1.165) is 34.1 Å². The number of fused-ring (bicyclic) bond motifs is 6. The maximum atomic E-state index is 6.96. The van der Waals surface area contributed by atoms with Crippen molar-refractivity contribution < 1.29 is 0 Å². The molecule has 2 aliphatic carbocycles. The standard InChI is InChI=1S/C48H38Cl2N2/c1-47(2)39-15-7-5-13-35(39)37-27-25-33(29-41(37)47)51(45-19-11-9-17-43(45)49)31-21-23-32(24-22-31)52(46-20-12-10-18-44(46)50)34-26-28-38-36-14-6-8-16-40(36)48(3,4)42(38)30-34/h5-30H,1-4H3. The smallest absolute Gasteiger partial charge is 0.0647 e. The third kappa shape index (κ3) is 5.00. The Labute approximate surface area is 316 Å². The summed E-state index contributed by atoms with van der Waals surface area (Å²) >= 11 is 13.9. The van der Waals surface area contributed by atoms with Crippen LogP contribution in [0.4, 0.5) is 34.1 Å². The van der Waals surface area contributed by atoms with E-state index < -0.39 is 0 Å². The fourth-order valence-electron chi connectivity index (χ4n) is 8.53. The highest BCUT2D eigenvalue weighted by Crippen LogP contribution is 2.53. The van der Waals surface area contributed by atoms with Crippen molar-refractivity contribution in [2.75, 3.05) is 9.80 Å². The van der Waals surface area contributed by atoms with E-state index in [-0.39, 0.29) is 10.8 Å². The SMILES string of the molecule is CC1(C)c2ccccc2-c2ccc(N(c3ccc(N(c4ccc5c(c4)C(C)(C)c4ccccc4-5)c4ccccc4Cl)cc3)c3ccccc3Cl)cc21. The highest BCUT2D eigenvalue weighted by molar-refractivity contribution is 6.34. The first-order valence-corrected chi connectivity index (χ1v) is 18.6. The minimum absolute atomic E-state index is 0.126. The zero-order chi connectivity index (χ0) is 35.8. The minimum atomic E-state index is -0.126. The Balaban J connectivity index is 1.16. The molecular weight excluding hydrogens is 675 g/mol. The monoisotopic (exact) mass is 712 g/mol. The van der Waals surface area contributed by atoms with E-state index in [4.69, 9.17) is 23.2 Å². The van der Waals surface area contributed by atoms with Gasteiger partial charge in [-0.3, -0.25) is 0 Å². The van der Waals surface area contributed by atoms with Crippen LogP contribution in [0.1, 0.15) is 49.9 Å². The van der Waals surface area contributed by atoms with Gasteiger partial charge in [0.15, 0.2) is 0 Å². The van der Waals surface area contributed by atoms with Crippen molar-refractivity contribution in [1.29, 1.82) is 0 Å². The largest absolute Gasteiger partial charge is 0.309 e. The highest BCUT2D eigenvalue weighted by atomic mass is 35.5. The summed E-state index contributed by atoms with van der Waals surface area (Å²) in [4.78, 5) is 4.53. The van der Waals surface area contributed by atoms with E-state index in [0.29, 0.717) is 10.0 Å². The van der Waals surface area contributed by atoms with Gasteiger partial charge in [0.1, 0.15) is 0 Å². The number of benzene rings is 7. The average molecular weight is 714 g/mol. The first-order valence-electron chi connectivity index (χ1n) is 17.8. The van der Waals surface area contributed by atoms with Gasteiger partial charge in [-0.15, -0.1) is 0 Å². The molecule has 0 amide bonds. The summed E-state index contributed by atoms with van der Waals surface area (Å²) in [5.74, 6) is 0. The Hall–Kier alpha value is -5.28. The average Bonchev–Trinajstić information content (AvgIpc) is 3.53. The van der Waals surface area contributed by atoms with Gasteiger partial charge in [-0.2, -0.15) is 0 Å². The van der Waals surface area contributed by atoms with Crippen molar-refractivity contribution in [3.8, 4) is 22.3 Å². The number of nitrogens with zero attached hydrogens (tertiary/aromatic N) is 2. The van der Waals surface area contributed by atoms with Gasteiger partial charge in [0.05, 0.1) is 21.4 Å². The number of anilines is 6. The second kappa shape index (κ2) is 12.2. The summed E-state index contributed by atoms with van der Waals surface area (Å²) < 4.78 is 0. The fourth-order valence-corrected chi connectivity index (χ4v) is 8.97. The van der Waals surface area contributed by atoms with E-state index in [1.165, 1.54) is 44.5 Å². The zero-order valence-electron chi connectivity index (χ0n) is 29.7. The van der Waals surface area contributed by atoms with Crippen LogP contribution in [0.2, 0.25) is 10.0 Å². The molecule has 0 saturated heterocycles. The molecule has 7 aromatic rings. The lowest BCUT2D eigenvalue weighted by Crippen LogP contribution is -2.17. The molecule has 0 spiro atoms. The summed E-state index contributed by atoms with van der Waals surface area (Å²) in [6.07, 6.45) is 0. The van der Waals surface area contributed by atoms with Crippen LogP contribution in [-0.4, -0.2) is 0 Å². The Morgan fingerprint density at radius 1 is 0.346 bits per heavy atom. The Morgan fingerprint density at radius 3 is 1.08 bits per heavy atom. The molecule has 0 aliphatic heterocycles. The number of hydrogen-bond acceptors (Lipinski definition) is 2. The van der Waals surface area contributed by atoms with Crippen LogP contribution in [0, 0.1) is 0 Å². The molecule has 4 heteroatoms. The van der Waals surface area contributed by atoms with Gasteiger partial charge in [0.25, 0.3) is 0 Å². The van der Waals surface area contributed by atoms with Crippen molar-refractivity contribution in [3.63, 3.8) is 0 Å². The summed E-state index contributed by atoms with van der Waals surface area (Å²) in [7, 11) is 0. The maximum absolute atomic E-state index is 6.96. The van der Waals surface area contributed by atoms with Crippen molar-refractivity contribution in [2.45, 2.75) is 38.5 Å². The molecule has 9 rings (SSSR count). The number of rotatable bonds is 6. The summed E-state index contributed by atoms with van der Waals surface area (Å²) in [5.41, 5.74) is 16.3. The first kappa shape index (κ1) is 32.6. The number of halogens is 2. The van der Waals surface area contributed by atoms with E-state index in [9.17, 15) is 0 Å². The molecule has 0 fully saturated rings. The van der Waals surface area contributed by atoms with Crippen molar-refractivity contribution >= 4 is 57.3 Å². The second-order valence-corrected chi connectivity index (χ2v) is 15.7. The van der Waals surface area contributed by atoms with Gasteiger partial charge >= 0.3 is 0 Å². The zero-order valence-corrected chi connectivity index (χ0v) is 31.2. The van der Waals surface area contributed by atoms with Crippen LogP contribution < -0.4 is 9.80 Å². The Bertz CT molecular complexity index is 2340. The second-order valence-electron chi connectivity index (χ2n) is 14.9. The lowest BCUT2D eigenvalue weighted by molar-refractivity contribution is 0.660. The first-order chi connectivity index (χ1) is 25.1. The summed E-state index contributed by atoms with van der Waals surface area (Å²) in [6, 6.07) is 56.0. The molecule has 7 aromatic carbocycles. The third-order valence-electron chi connectivity index (χ3n) is 11.2. The van der Waals surface area contributed by atoms with Gasteiger partial charge in [0.2, 0.25) is 0 Å². The number of para-hydroxylation sites is 2. The highest BCUT2D eigenvalue weighted by Gasteiger charge is 2.37. The van der Waals surface area contributed by atoms with Crippen LogP contribution in [0.25, 0.3) is 22.3 Å². The molecule has 0 radical (unpaired) electrons. The predicted molar refractivity (Wildman–Crippen MR) is 221 cm³/mol.